The maximum Gasteiger partial charge on any atom is 0.327 e. The first-order valence-electron chi connectivity index (χ1n) is 7.70. The van der Waals surface area contributed by atoms with Crippen molar-refractivity contribution in [3.63, 3.8) is 0 Å². The van der Waals surface area contributed by atoms with E-state index in [0.717, 1.165) is 25.0 Å². The van der Waals surface area contributed by atoms with E-state index in [2.05, 4.69) is 25.2 Å². The van der Waals surface area contributed by atoms with Gasteiger partial charge in [-0.15, -0.1) is 0 Å². The third-order valence-corrected chi connectivity index (χ3v) is 3.96. The number of carbonyl (C=O) groups is 1. The van der Waals surface area contributed by atoms with E-state index in [1.54, 1.807) is 0 Å². The maximum atomic E-state index is 12.2. The van der Waals surface area contributed by atoms with Crippen molar-refractivity contribution in [2.75, 3.05) is 19.8 Å². The van der Waals surface area contributed by atoms with E-state index in [1.807, 2.05) is 19.1 Å². The average molecular weight is 291 g/mol. The topological polar surface area (TPSA) is 47.6 Å². The fourth-order valence-corrected chi connectivity index (χ4v) is 2.56. The molecular formula is C17H25NO3. The number of carbonyl (C=O) groups excluding carboxylic acids is 1. The maximum absolute atomic E-state index is 12.2. The Morgan fingerprint density at radius 1 is 1.43 bits per heavy atom. The van der Waals surface area contributed by atoms with Gasteiger partial charge in [0.1, 0.15) is 6.04 Å². The molecule has 1 aromatic carbocycles. The van der Waals surface area contributed by atoms with Crippen LogP contribution in [0.2, 0.25) is 0 Å². The summed E-state index contributed by atoms with van der Waals surface area (Å²) in [5.41, 5.74) is 3.36. The molecule has 0 radical (unpaired) electrons. The number of hydrogen-bond acceptors (Lipinski definition) is 4. The van der Waals surface area contributed by atoms with Gasteiger partial charge < -0.3 is 9.47 Å². The van der Waals surface area contributed by atoms with Gasteiger partial charge in [-0.2, -0.15) is 0 Å². The van der Waals surface area contributed by atoms with Crippen molar-refractivity contribution in [2.24, 2.45) is 0 Å². The lowest BCUT2D eigenvalue weighted by Crippen LogP contribution is -2.35. The molecule has 2 atom stereocenters. The number of benzene rings is 1. The lowest BCUT2D eigenvalue weighted by molar-refractivity contribution is -0.146. The second kappa shape index (κ2) is 7.57. The Morgan fingerprint density at radius 2 is 2.24 bits per heavy atom. The van der Waals surface area contributed by atoms with Gasteiger partial charge in [-0.1, -0.05) is 18.2 Å². The van der Waals surface area contributed by atoms with E-state index in [-0.39, 0.29) is 12.1 Å². The number of rotatable bonds is 6. The van der Waals surface area contributed by atoms with Crippen LogP contribution in [0, 0.1) is 13.8 Å². The summed E-state index contributed by atoms with van der Waals surface area (Å²) in [6.07, 6.45) is 2.35. The second-order valence-corrected chi connectivity index (χ2v) is 5.57. The molecule has 0 amide bonds. The van der Waals surface area contributed by atoms with Gasteiger partial charge in [-0.25, -0.2) is 4.79 Å². The van der Waals surface area contributed by atoms with Crippen molar-refractivity contribution in [1.82, 2.24) is 5.32 Å². The molecule has 1 saturated heterocycles. The Kier molecular flexibility index (Phi) is 5.76. The van der Waals surface area contributed by atoms with Gasteiger partial charge in [0, 0.05) is 13.2 Å². The highest BCUT2D eigenvalue weighted by Gasteiger charge is 2.24. The zero-order chi connectivity index (χ0) is 15.2. The minimum atomic E-state index is -0.423. The number of ether oxygens (including phenoxy) is 2. The molecule has 2 rings (SSSR count). The molecule has 0 bridgehead atoms. The van der Waals surface area contributed by atoms with Gasteiger partial charge in [-0.3, -0.25) is 5.32 Å². The molecule has 0 saturated carbocycles. The van der Waals surface area contributed by atoms with E-state index in [9.17, 15) is 4.79 Å². The summed E-state index contributed by atoms with van der Waals surface area (Å²) in [6, 6.07) is 5.67. The standard InChI is InChI=1S/C17H25NO3/c1-4-20-17(19)16(18-11-15-6-5-9-21-15)14-8-7-12(2)13(3)10-14/h7-8,10,15-16,18H,4-6,9,11H2,1-3H3. The van der Waals surface area contributed by atoms with Crippen LogP contribution in [0.25, 0.3) is 0 Å². The molecule has 1 fully saturated rings. The predicted molar refractivity (Wildman–Crippen MR) is 82.3 cm³/mol. The highest BCUT2D eigenvalue weighted by atomic mass is 16.5. The fourth-order valence-electron chi connectivity index (χ4n) is 2.56. The average Bonchev–Trinajstić information content (AvgIpc) is 2.96. The smallest absolute Gasteiger partial charge is 0.327 e. The van der Waals surface area contributed by atoms with Crippen molar-refractivity contribution >= 4 is 5.97 Å². The van der Waals surface area contributed by atoms with Gasteiger partial charge in [0.2, 0.25) is 0 Å². The van der Waals surface area contributed by atoms with Crippen LogP contribution >= 0.6 is 0 Å². The molecule has 0 spiro atoms. The molecule has 1 heterocycles. The minimum absolute atomic E-state index is 0.202. The monoisotopic (exact) mass is 291 g/mol. The van der Waals surface area contributed by atoms with Crippen molar-refractivity contribution in [3.8, 4) is 0 Å². The van der Waals surface area contributed by atoms with Crippen LogP contribution in [0.5, 0.6) is 0 Å². The Morgan fingerprint density at radius 3 is 2.86 bits per heavy atom. The highest BCUT2D eigenvalue weighted by Crippen LogP contribution is 2.20. The van der Waals surface area contributed by atoms with Gasteiger partial charge in [0.15, 0.2) is 0 Å². The first kappa shape index (κ1) is 16.0. The Labute approximate surface area is 126 Å². The third-order valence-electron chi connectivity index (χ3n) is 3.96. The van der Waals surface area contributed by atoms with Gasteiger partial charge in [0.05, 0.1) is 12.7 Å². The first-order valence-corrected chi connectivity index (χ1v) is 7.70. The van der Waals surface area contributed by atoms with Crippen LogP contribution in [-0.2, 0) is 14.3 Å². The summed E-state index contributed by atoms with van der Waals surface area (Å²) >= 11 is 0. The molecule has 116 valence electrons. The van der Waals surface area contributed by atoms with E-state index >= 15 is 0 Å². The normalized spacial score (nSPS) is 19.5. The van der Waals surface area contributed by atoms with E-state index < -0.39 is 6.04 Å². The van der Waals surface area contributed by atoms with E-state index in [1.165, 1.54) is 11.1 Å². The number of nitrogens with one attached hydrogen (secondary N) is 1. The number of esters is 1. The van der Waals surface area contributed by atoms with Gasteiger partial charge in [0.25, 0.3) is 0 Å². The molecule has 1 N–H and O–H groups in total. The van der Waals surface area contributed by atoms with Crippen LogP contribution in [0.1, 0.15) is 42.5 Å². The Balaban J connectivity index is 2.09. The Bertz CT molecular complexity index is 481. The lowest BCUT2D eigenvalue weighted by atomic mass is 10.0. The summed E-state index contributed by atoms with van der Waals surface area (Å²) in [5, 5.41) is 3.31. The summed E-state index contributed by atoms with van der Waals surface area (Å²) < 4.78 is 10.8. The summed E-state index contributed by atoms with van der Waals surface area (Å²) in [4.78, 5) is 12.2. The lowest BCUT2D eigenvalue weighted by Gasteiger charge is -2.20. The summed E-state index contributed by atoms with van der Waals surface area (Å²) in [6.45, 7) is 7.84. The number of hydrogen-bond donors (Lipinski definition) is 1. The zero-order valence-corrected chi connectivity index (χ0v) is 13.1. The SMILES string of the molecule is CCOC(=O)C(NCC1CCCO1)c1ccc(C)c(C)c1. The number of aryl methyl sites for hydroxylation is 2. The van der Waals surface area contributed by atoms with Crippen LogP contribution in [0.15, 0.2) is 18.2 Å². The molecule has 21 heavy (non-hydrogen) atoms. The first-order chi connectivity index (χ1) is 10.1. The molecule has 0 aliphatic carbocycles. The molecule has 1 aliphatic rings. The van der Waals surface area contributed by atoms with E-state index in [0.29, 0.717) is 13.2 Å². The quantitative estimate of drug-likeness (QED) is 0.819. The van der Waals surface area contributed by atoms with Gasteiger partial charge >= 0.3 is 5.97 Å². The Hall–Kier alpha value is -1.39. The van der Waals surface area contributed by atoms with Crippen molar-refractivity contribution in [1.29, 1.82) is 0 Å². The third kappa shape index (κ3) is 4.29. The molecule has 1 aromatic rings. The van der Waals surface area contributed by atoms with Crippen LogP contribution in [0.4, 0.5) is 0 Å². The minimum Gasteiger partial charge on any atom is -0.465 e. The van der Waals surface area contributed by atoms with Crippen LogP contribution in [-0.4, -0.2) is 31.8 Å². The van der Waals surface area contributed by atoms with Crippen molar-refractivity contribution in [3.05, 3.63) is 34.9 Å². The molecule has 4 heteroatoms. The molecule has 4 nitrogen and oxygen atoms in total. The van der Waals surface area contributed by atoms with Crippen LogP contribution in [0.3, 0.4) is 0 Å². The molecular weight excluding hydrogens is 266 g/mol. The largest absolute Gasteiger partial charge is 0.465 e. The predicted octanol–water partition coefficient (Wildman–Crippen LogP) is 2.68. The van der Waals surface area contributed by atoms with E-state index in [4.69, 9.17) is 9.47 Å². The van der Waals surface area contributed by atoms with Crippen molar-refractivity contribution < 1.29 is 14.3 Å². The zero-order valence-electron chi connectivity index (χ0n) is 13.1. The van der Waals surface area contributed by atoms with Gasteiger partial charge in [-0.05, 0) is 50.3 Å². The second-order valence-electron chi connectivity index (χ2n) is 5.57. The molecule has 2 unspecified atom stereocenters. The fraction of sp³-hybridized carbons (Fsp3) is 0.588. The molecule has 1 aliphatic heterocycles. The summed E-state index contributed by atoms with van der Waals surface area (Å²) in [5.74, 6) is -0.223. The molecule has 0 aromatic heterocycles. The summed E-state index contributed by atoms with van der Waals surface area (Å²) in [7, 11) is 0. The van der Waals surface area contributed by atoms with Crippen LogP contribution < -0.4 is 5.32 Å². The van der Waals surface area contributed by atoms with Crippen molar-refractivity contribution in [2.45, 2.75) is 45.8 Å². The highest BCUT2D eigenvalue weighted by molar-refractivity contribution is 5.77.